The van der Waals surface area contributed by atoms with Gasteiger partial charge in [-0.3, -0.25) is 9.98 Å². The molecule has 1 aromatic carbocycles. The Labute approximate surface area is 174 Å². The van der Waals surface area contributed by atoms with Gasteiger partial charge in [-0.25, -0.2) is 0 Å². The molecule has 2 aliphatic heterocycles. The summed E-state index contributed by atoms with van der Waals surface area (Å²) < 4.78 is 45.6. The average Bonchev–Trinajstić information content (AvgIpc) is 2.76. The number of nitrogens with one attached hydrogen (secondary N) is 1. The van der Waals surface area contributed by atoms with E-state index in [1.54, 1.807) is 19.2 Å². The summed E-state index contributed by atoms with van der Waals surface area (Å²) in [4.78, 5) is 11.0. The predicted octanol–water partition coefficient (Wildman–Crippen LogP) is 4.59. The van der Waals surface area contributed by atoms with Crippen LogP contribution < -0.4 is 5.32 Å². The summed E-state index contributed by atoms with van der Waals surface area (Å²) in [6.45, 7) is 3.37. The lowest BCUT2D eigenvalue weighted by atomic mass is 10.0. The number of amidine groups is 1. The first-order valence-corrected chi connectivity index (χ1v) is 10.1. The first-order valence-electron chi connectivity index (χ1n) is 10.1. The summed E-state index contributed by atoms with van der Waals surface area (Å²) in [6, 6.07) is 7.61. The molecule has 0 aliphatic carbocycles. The summed E-state index contributed by atoms with van der Waals surface area (Å²) in [6.07, 6.45) is 0.192. The molecular weight excluding hydrogens is 393 g/mol. The Morgan fingerprint density at radius 1 is 1.27 bits per heavy atom. The van der Waals surface area contributed by atoms with Crippen molar-refractivity contribution in [3.05, 3.63) is 47.7 Å². The average molecular weight is 418 g/mol. The molecule has 0 spiro atoms. The van der Waals surface area contributed by atoms with Crippen LogP contribution in [0.1, 0.15) is 30.4 Å². The van der Waals surface area contributed by atoms with E-state index < -0.39 is 11.7 Å². The monoisotopic (exact) mass is 418 g/mol. The first kappa shape index (κ1) is 20.8. The van der Waals surface area contributed by atoms with Crippen molar-refractivity contribution in [1.29, 1.82) is 0 Å². The molecule has 1 N–H and O–H groups in total. The van der Waals surface area contributed by atoms with Crippen LogP contribution in [0.2, 0.25) is 0 Å². The lowest BCUT2D eigenvalue weighted by molar-refractivity contribution is -0.137. The van der Waals surface area contributed by atoms with Gasteiger partial charge >= 0.3 is 6.18 Å². The molecule has 3 heterocycles. The van der Waals surface area contributed by atoms with Crippen molar-refractivity contribution < 1.29 is 17.9 Å². The number of alkyl halides is 3. The quantitative estimate of drug-likeness (QED) is 0.772. The van der Waals surface area contributed by atoms with Gasteiger partial charge in [-0.15, -0.1) is 0 Å². The molecule has 0 bridgehead atoms. The minimum Gasteiger partial charge on any atom is -0.380 e. The highest BCUT2D eigenvalue weighted by Crippen LogP contribution is 2.37. The molecule has 8 heteroatoms. The Hall–Kier alpha value is -2.45. The topological polar surface area (TPSA) is 49.8 Å². The van der Waals surface area contributed by atoms with Gasteiger partial charge in [0, 0.05) is 44.1 Å². The maximum absolute atomic E-state index is 13.4. The van der Waals surface area contributed by atoms with Crippen molar-refractivity contribution >= 4 is 11.5 Å². The number of aliphatic imine (C=N–C) groups is 1. The minimum absolute atomic E-state index is 0.0578. The van der Waals surface area contributed by atoms with Gasteiger partial charge in [-0.2, -0.15) is 13.2 Å². The molecule has 160 valence electrons. The number of hydrogen-bond donors (Lipinski definition) is 1. The van der Waals surface area contributed by atoms with Crippen LogP contribution in [0.4, 0.5) is 18.9 Å². The standard InChI is InChI=1S/C22H25F3N4O/c1-30-17-4-3-10-29(14-17)11-8-20-27-13-16-7-6-15(12-19(16)28-20)21-18(22(23,24)25)5-2-9-26-21/h2,5-7,9,12,17H,3-4,8,10-11,13-14H2,1H3,(H,27,28). The molecule has 0 amide bonds. The third-order valence-electron chi connectivity index (χ3n) is 5.68. The van der Waals surface area contributed by atoms with E-state index in [-0.39, 0.29) is 11.8 Å². The van der Waals surface area contributed by atoms with E-state index in [1.807, 2.05) is 6.07 Å². The van der Waals surface area contributed by atoms with E-state index in [4.69, 9.17) is 4.74 Å². The molecular formula is C22H25F3N4O. The normalized spacial score (nSPS) is 19.7. The number of benzene rings is 1. The minimum atomic E-state index is -4.45. The van der Waals surface area contributed by atoms with E-state index in [2.05, 4.69) is 20.2 Å². The van der Waals surface area contributed by atoms with Crippen LogP contribution in [-0.2, 0) is 17.5 Å². The van der Waals surface area contributed by atoms with Crippen LogP contribution in [0.5, 0.6) is 0 Å². The lowest BCUT2D eigenvalue weighted by Crippen LogP contribution is -2.40. The number of aromatic nitrogens is 1. The zero-order valence-corrected chi connectivity index (χ0v) is 16.9. The lowest BCUT2D eigenvalue weighted by Gasteiger charge is -2.32. The van der Waals surface area contributed by atoms with E-state index in [1.165, 1.54) is 12.3 Å². The van der Waals surface area contributed by atoms with Gasteiger partial charge < -0.3 is 15.0 Å². The van der Waals surface area contributed by atoms with Crippen LogP contribution in [-0.4, -0.2) is 48.6 Å². The molecule has 0 saturated carbocycles. The summed E-state index contributed by atoms with van der Waals surface area (Å²) in [5, 5.41) is 3.31. The maximum Gasteiger partial charge on any atom is 0.418 e. The van der Waals surface area contributed by atoms with Crippen molar-refractivity contribution in [3.63, 3.8) is 0 Å². The van der Waals surface area contributed by atoms with Crippen LogP contribution in [0.3, 0.4) is 0 Å². The second-order valence-electron chi connectivity index (χ2n) is 7.71. The number of piperidine rings is 1. The summed E-state index contributed by atoms with van der Waals surface area (Å²) >= 11 is 0. The number of methoxy groups -OCH3 is 1. The van der Waals surface area contributed by atoms with Gasteiger partial charge in [-0.1, -0.05) is 12.1 Å². The Balaban J connectivity index is 1.47. The van der Waals surface area contributed by atoms with Crippen molar-refractivity contribution in [2.45, 2.75) is 38.1 Å². The van der Waals surface area contributed by atoms with Gasteiger partial charge in [0.05, 0.1) is 23.9 Å². The number of fused-ring (bicyclic) bond motifs is 1. The Bertz CT molecular complexity index is 929. The second-order valence-corrected chi connectivity index (χ2v) is 7.71. The Kier molecular flexibility index (Phi) is 6.06. The van der Waals surface area contributed by atoms with Gasteiger partial charge in [-0.05, 0) is 43.1 Å². The highest BCUT2D eigenvalue weighted by Gasteiger charge is 2.34. The molecule has 30 heavy (non-hydrogen) atoms. The number of pyridine rings is 1. The number of ether oxygens (including phenoxy) is 1. The number of halogens is 3. The number of rotatable bonds is 5. The molecule has 1 saturated heterocycles. The molecule has 4 rings (SSSR count). The fourth-order valence-electron chi connectivity index (χ4n) is 4.03. The second kappa shape index (κ2) is 8.73. The molecule has 1 atom stereocenters. The van der Waals surface area contributed by atoms with Crippen molar-refractivity contribution in [3.8, 4) is 11.3 Å². The molecule has 1 aromatic heterocycles. The summed E-state index contributed by atoms with van der Waals surface area (Å²) in [5.74, 6) is 0.858. The highest BCUT2D eigenvalue weighted by atomic mass is 19.4. The van der Waals surface area contributed by atoms with Crippen molar-refractivity contribution in [2.24, 2.45) is 4.99 Å². The fraction of sp³-hybridized carbons (Fsp3) is 0.455. The smallest absolute Gasteiger partial charge is 0.380 e. The SMILES string of the molecule is COC1CCCN(CCC2=NCc3ccc(-c4ncccc4C(F)(F)F)cc3N2)C1. The highest BCUT2D eigenvalue weighted by molar-refractivity contribution is 5.98. The van der Waals surface area contributed by atoms with Gasteiger partial charge in [0.2, 0.25) is 0 Å². The van der Waals surface area contributed by atoms with E-state index >= 15 is 0 Å². The van der Waals surface area contributed by atoms with E-state index in [0.29, 0.717) is 12.1 Å². The number of likely N-dealkylation sites (tertiary alicyclic amines) is 1. The number of nitrogens with zero attached hydrogens (tertiary/aromatic N) is 3. The molecule has 2 aliphatic rings. The van der Waals surface area contributed by atoms with Crippen LogP contribution in [0, 0.1) is 0 Å². The summed E-state index contributed by atoms with van der Waals surface area (Å²) in [5.41, 5.74) is 1.41. The van der Waals surface area contributed by atoms with Crippen LogP contribution in [0.15, 0.2) is 41.5 Å². The Morgan fingerprint density at radius 2 is 2.13 bits per heavy atom. The number of anilines is 1. The molecule has 0 radical (unpaired) electrons. The van der Waals surface area contributed by atoms with Gasteiger partial charge in [0.15, 0.2) is 0 Å². The largest absolute Gasteiger partial charge is 0.418 e. The zero-order valence-electron chi connectivity index (χ0n) is 16.9. The number of hydrogen-bond acceptors (Lipinski definition) is 5. The Morgan fingerprint density at radius 3 is 2.93 bits per heavy atom. The fourth-order valence-corrected chi connectivity index (χ4v) is 4.03. The van der Waals surface area contributed by atoms with Crippen LogP contribution in [0.25, 0.3) is 11.3 Å². The first-order chi connectivity index (χ1) is 14.4. The maximum atomic E-state index is 13.4. The zero-order chi connectivity index (χ0) is 21.1. The molecule has 1 fully saturated rings. The van der Waals surface area contributed by atoms with Crippen molar-refractivity contribution in [2.75, 3.05) is 32.1 Å². The van der Waals surface area contributed by atoms with Crippen molar-refractivity contribution in [1.82, 2.24) is 9.88 Å². The van der Waals surface area contributed by atoms with E-state index in [9.17, 15) is 13.2 Å². The van der Waals surface area contributed by atoms with Crippen LogP contribution >= 0.6 is 0 Å². The summed E-state index contributed by atoms with van der Waals surface area (Å²) in [7, 11) is 1.75. The van der Waals surface area contributed by atoms with E-state index in [0.717, 1.165) is 62.0 Å². The van der Waals surface area contributed by atoms with Gasteiger partial charge in [0.25, 0.3) is 0 Å². The predicted molar refractivity (Wildman–Crippen MR) is 111 cm³/mol. The molecule has 5 nitrogen and oxygen atoms in total. The molecule has 2 aromatic rings. The third-order valence-corrected chi connectivity index (χ3v) is 5.68. The van der Waals surface area contributed by atoms with Gasteiger partial charge in [0.1, 0.15) is 5.84 Å². The third kappa shape index (κ3) is 4.65. The molecule has 1 unspecified atom stereocenters.